The molecule has 64 heavy (non-hydrogen) atoms. The molecule has 0 saturated heterocycles. The van der Waals surface area contributed by atoms with Crippen LogP contribution in [0.2, 0.25) is 0 Å². The predicted molar refractivity (Wildman–Crippen MR) is 251 cm³/mol. The van der Waals surface area contributed by atoms with Crippen molar-refractivity contribution < 1.29 is 29.8 Å². The largest absolute Gasteiger partial charge is 2.00 e. The van der Waals surface area contributed by atoms with Crippen LogP contribution in [0, 0.1) is 13.0 Å². The fraction of sp³-hybridized carbons (Fsp3) is 0.0357. The van der Waals surface area contributed by atoms with Crippen molar-refractivity contribution in [1.82, 2.24) is 24.1 Å². The number of halogens is 2. The van der Waals surface area contributed by atoms with Gasteiger partial charge < -0.3 is 9.55 Å². The number of benzene rings is 8. The van der Waals surface area contributed by atoms with E-state index in [4.69, 9.17) is 15.0 Å². The van der Waals surface area contributed by atoms with Gasteiger partial charge in [-0.15, -0.1) is 34.8 Å². The van der Waals surface area contributed by atoms with E-state index >= 15 is 8.78 Å². The Morgan fingerprint density at radius 2 is 1.28 bits per heavy atom. The first kappa shape index (κ1) is 39.4. The number of rotatable bonds is 7. The third kappa shape index (κ3) is 6.22. The number of aromatic nitrogens is 5. The monoisotopic (exact) mass is 1010 g/mol. The molecule has 0 aliphatic rings. The van der Waals surface area contributed by atoms with Crippen molar-refractivity contribution in [2.24, 2.45) is 0 Å². The van der Waals surface area contributed by atoms with Crippen molar-refractivity contribution in [1.29, 1.82) is 0 Å². The molecule has 0 radical (unpaired) electrons. The van der Waals surface area contributed by atoms with Gasteiger partial charge in [0.25, 0.3) is 5.92 Å². The van der Waals surface area contributed by atoms with E-state index in [1.807, 2.05) is 96.4 Å². The van der Waals surface area contributed by atoms with E-state index in [-0.39, 0.29) is 32.2 Å². The number of hydrogen-bond acceptors (Lipinski definition) is 2. The molecule has 12 rings (SSSR count). The Labute approximate surface area is 381 Å². The zero-order valence-corrected chi connectivity index (χ0v) is 36.6. The molecular formula is C56H35F2N5Pt. The molecule has 0 atom stereocenters. The van der Waals surface area contributed by atoms with Crippen LogP contribution in [0.4, 0.5) is 8.78 Å². The molecule has 0 aliphatic heterocycles. The van der Waals surface area contributed by atoms with Crippen LogP contribution < -0.4 is 4.98 Å². The fourth-order valence-electron chi connectivity index (χ4n) is 9.26. The molecule has 0 fully saturated rings. The van der Waals surface area contributed by atoms with Gasteiger partial charge in [0.05, 0.1) is 11.0 Å². The molecule has 8 aromatic carbocycles. The Bertz CT molecular complexity index is 3720. The maximum absolute atomic E-state index is 17.0. The molecular weight excluding hydrogens is 976 g/mol. The van der Waals surface area contributed by atoms with Gasteiger partial charge >= 0.3 is 21.1 Å². The van der Waals surface area contributed by atoms with Crippen LogP contribution in [0.15, 0.2) is 194 Å². The average Bonchev–Trinajstić information content (AvgIpc) is 4.01. The average molecular weight is 1010 g/mol. The molecule has 0 saturated carbocycles. The van der Waals surface area contributed by atoms with Crippen molar-refractivity contribution >= 4 is 54.6 Å². The number of alkyl halides is 2. The summed E-state index contributed by atoms with van der Waals surface area (Å²) in [5.74, 6) is -1.92. The van der Waals surface area contributed by atoms with Crippen LogP contribution in [-0.4, -0.2) is 19.1 Å². The summed E-state index contributed by atoms with van der Waals surface area (Å²) in [4.78, 5) is 15.4. The zero-order chi connectivity index (χ0) is 42.2. The van der Waals surface area contributed by atoms with Crippen molar-refractivity contribution in [3.63, 3.8) is 0 Å². The number of hydrogen-bond donors (Lipinski definition) is 0. The van der Waals surface area contributed by atoms with Crippen LogP contribution in [0.1, 0.15) is 16.7 Å². The topological polar surface area (TPSA) is 49.7 Å². The minimum atomic E-state index is -3.31. The second-order valence-electron chi connectivity index (χ2n) is 16.0. The summed E-state index contributed by atoms with van der Waals surface area (Å²) >= 11 is 0. The standard InChI is InChI=1S/C56H35F2N5.Pt/c1-35-29-30-59-52(31-35)63-50-32-37(27-28-42(50)46-33-45(36-15-5-2-6-16-36)47(34-51(46)63)56(57,58)38-17-7-3-8-18-38)40-22-14-26-49-54(40)61-55(62(49)39-19-9-4-10-20-39)44-24-13-23-43-41-21-11-12-25-48(41)60-53(43)44;/h2-31,33-34H,1H3;/q-2;+2. The van der Waals surface area contributed by atoms with Crippen LogP contribution in [0.3, 0.4) is 0 Å². The van der Waals surface area contributed by atoms with Gasteiger partial charge in [-0.25, -0.2) is 9.97 Å². The Balaban J connectivity index is 0.00000456. The molecule has 8 heteroatoms. The summed E-state index contributed by atoms with van der Waals surface area (Å²) in [5, 5.41) is 3.86. The van der Waals surface area contributed by atoms with Gasteiger partial charge in [0.15, 0.2) is 0 Å². The van der Waals surface area contributed by atoms with E-state index in [1.165, 1.54) is 12.1 Å². The Morgan fingerprint density at radius 1 is 0.578 bits per heavy atom. The van der Waals surface area contributed by atoms with Crippen LogP contribution in [0.25, 0.3) is 99.8 Å². The molecule has 5 nitrogen and oxygen atoms in total. The van der Waals surface area contributed by atoms with Gasteiger partial charge in [0.1, 0.15) is 11.6 Å². The Kier molecular flexibility index (Phi) is 9.48. The first-order valence-corrected chi connectivity index (χ1v) is 20.9. The van der Waals surface area contributed by atoms with E-state index < -0.39 is 5.92 Å². The number of pyridine rings is 1. The maximum Gasteiger partial charge on any atom is 2.00 e. The summed E-state index contributed by atoms with van der Waals surface area (Å²) in [7, 11) is 0. The van der Waals surface area contributed by atoms with Gasteiger partial charge in [-0.3, -0.25) is 4.57 Å². The minimum Gasteiger partial charge on any atom is -0.656 e. The Hall–Kier alpha value is -7.47. The van der Waals surface area contributed by atoms with E-state index in [0.29, 0.717) is 22.5 Å². The molecule has 12 aromatic rings. The van der Waals surface area contributed by atoms with Crippen LogP contribution in [0.5, 0.6) is 0 Å². The number of nitrogens with zero attached hydrogens (tertiary/aromatic N) is 5. The molecule has 4 aromatic heterocycles. The van der Waals surface area contributed by atoms with Crippen molar-refractivity contribution in [2.75, 3.05) is 0 Å². The van der Waals surface area contributed by atoms with Crippen molar-refractivity contribution in [3.8, 4) is 45.1 Å². The summed E-state index contributed by atoms with van der Waals surface area (Å²) in [6.07, 6.45) is 1.76. The molecule has 4 heterocycles. The summed E-state index contributed by atoms with van der Waals surface area (Å²) in [6, 6.07) is 63.9. The van der Waals surface area contributed by atoms with Gasteiger partial charge in [-0.05, 0) is 81.7 Å². The summed E-state index contributed by atoms with van der Waals surface area (Å²) in [5.41, 5.74) is 10.5. The zero-order valence-electron chi connectivity index (χ0n) is 34.3. The molecule has 0 spiro atoms. The minimum absolute atomic E-state index is 0. The molecule has 0 aliphatic carbocycles. The van der Waals surface area contributed by atoms with E-state index in [1.54, 1.807) is 30.5 Å². The number of fused-ring (bicyclic) bond motifs is 7. The molecule has 0 N–H and O–H groups in total. The second kappa shape index (κ2) is 15.4. The Morgan fingerprint density at radius 3 is 2.08 bits per heavy atom. The normalized spacial score (nSPS) is 11.9. The third-order valence-electron chi connectivity index (χ3n) is 12.2. The smallest absolute Gasteiger partial charge is 0.656 e. The van der Waals surface area contributed by atoms with Crippen molar-refractivity contribution in [2.45, 2.75) is 12.8 Å². The first-order valence-electron chi connectivity index (χ1n) is 20.9. The third-order valence-corrected chi connectivity index (χ3v) is 12.2. The predicted octanol–water partition coefficient (Wildman–Crippen LogP) is 14.0. The van der Waals surface area contributed by atoms with Crippen LogP contribution in [-0.2, 0) is 27.0 Å². The number of imidazole rings is 1. The quantitative estimate of drug-likeness (QED) is 0.150. The second-order valence-corrected chi connectivity index (χ2v) is 16.0. The summed E-state index contributed by atoms with van der Waals surface area (Å²) in [6.45, 7) is 2.01. The fourth-order valence-corrected chi connectivity index (χ4v) is 9.26. The van der Waals surface area contributed by atoms with E-state index in [9.17, 15) is 0 Å². The van der Waals surface area contributed by atoms with E-state index in [2.05, 4.69) is 77.4 Å². The number of para-hydroxylation sites is 4. The van der Waals surface area contributed by atoms with Crippen LogP contribution >= 0.6 is 0 Å². The SMILES string of the molecule is Cc1ccnc(-n2c3[c-]c(-c4cccc5c4nc(-c4cccc6c4[n-]c4ccccc46)n5-c4ccccc4)ccc3c3cc(-c4ccccc4)c(C(F)(F)c4ccccc4)cc32)c1.[Pt+2]. The molecule has 0 unspecified atom stereocenters. The summed E-state index contributed by atoms with van der Waals surface area (Å²) < 4.78 is 38.2. The van der Waals surface area contributed by atoms with E-state index in [0.717, 1.165) is 82.9 Å². The van der Waals surface area contributed by atoms with Crippen molar-refractivity contribution in [3.05, 3.63) is 217 Å². The van der Waals surface area contributed by atoms with Gasteiger partial charge in [0, 0.05) is 34.1 Å². The maximum atomic E-state index is 17.0. The number of aryl methyl sites for hydroxylation is 1. The molecule has 0 bridgehead atoms. The molecule has 0 amide bonds. The van der Waals surface area contributed by atoms with Gasteiger partial charge in [-0.1, -0.05) is 150 Å². The van der Waals surface area contributed by atoms with Gasteiger partial charge in [-0.2, -0.15) is 8.78 Å². The molecule has 308 valence electrons. The first-order chi connectivity index (χ1) is 30.9. The van der Waals surface area contributed by atoms with Gasteiger partial charge in [0.2, 0.25) is 0 Å².